The molecule has 0 aliphatic carbocycles. The molecule has 0 fully saturated rings. The number of methoxy groups -OCH3 is 1. The summed E-state index contributed by atoms with van der Waals surface area (Å²) in [5.41, 5.74) is 1.12. The van der Waals surface area contributed by atoms with Gasteiger partial charge in [-0.05, 0) is 30.5 Å². The smallest absolute Gasteiger partial charge is 0.220 e. The molecule has 5 nitrogen and oxygen atoms in total. The zero-order chi connectivity index (χ0) is 15.4. The highest BCUT2D eigenvalue weighted by atomic mass is 16.5. The van der Waals surface area contributed by atoms with Gasteiger partial charge in [0, 0.05) is 37.8 Å². The van der Waals surface area contributed by atoms with Gasteiger partial charge in [0.25, 0.3) is 0 Å². The monoisotopic (exact) mass is 299 g/mol. The first-order chi connectivity index (χ1) is 10.7. The number of hydrogen-bond donors (Lipinski definition) is 1. The van der Waals surface area contributed by atoms with Crippen LogP contribution in [0.25, 0.3) is 0 Å². The molecule has 2 heterocycles. The van der Waals surface area contributed by atoms with E-state index in [2.05, 4.69) is 14.9 Å². The summed E-state index contributed by atoms with van der Waals surface area (Å²) in [6.07, 6.45) is 6.91. The quantitative estimate of drug-likeness (QED) is 0.918. The second-order valence-electron chi connectivity index (χ2n) is 5.65. The fraction of sp³-hybridized carbons (Fsp3) is 0.412. The van der Waals surface area contributed by atoms with Gasteiger partial charge in [0.15, 0.2) is 0 Å². The second kappa shape index (κ2) is 6.64. The number of imidazole rings is 1. The molecule has 0 unspecified atom stereocenters. The van der Waals surface area contributed by atoms with E-state index in [4.69, 9.17) is 4.74 Å². The first-order valence-corrected chi connectivity index (χ1v) is 7.67. The molecule has 2 aromatic rings. The number of aryl methyl sites for hydroxylation is 2. The average molecular weight is 299 g/mol. The van der Waals surface area contributed by atoms with E-state index in [1.54, 1.807) is 7.11 Å². The van der Waals surface area contributed by atoms with Crippen molar-refractivity contribution in [1.29, 1.82) is 0 Å². The lowest BCUT2D eigenvalue weighted by Crippen LogP contribution is -2.40. The molecule has 1 N–H and O–H groups in total. The van der Waals surface area contributed by atoms with Gasteiger partial charge in [0.05, 0.1) is 7.11 Å². The van der Waals surface area contributed by atoms with Crippen molar-refractivity contribution in [2.24, 2.45) is 0 Å². The van der Waals surface area contributed by atoms with Crippen LogP contribution in [0.2, 0.25) is 0 Å². The van der Waals surface area contributed by atoms with E-state index < -0.39 is 0 Å². The summed E-state index contributed by atoms with van der Waals surface area (Å²) in [5.74, 6) is 2.05. The Morgan fingerprint density at radius 2 is 2.41 bits per heavy atom. The van der Waals surface area contributed by atoms with Crippen LogP contribution in [-0.4, -0.2) is 28.6 Å². The first kappa shape index (κ1) is 14.6. The predicted molar refractivity (Wildman–Crippen MR) is 83.8 cm³/mol. The summed E-state index contributed by atoms with van der Waals surface area (Å²) in [6.45, 7) is 0.820. The van der Waals surface area contributed by atoms with Gasteiger partial charge in [-0.3, -0.25) is 4.79 Å². The number of ether oxygens (including phenoxy) is 1. The lowest BCUT2D eigenvalue weighted by molar-refractivity contribution is -0.122. The Hall–Kier alpha value is -2.30. The summed E-state index contributed by atoms with van der Waals surface area (Å²) in [6, 6.07) is 8.07. The Kier molecular flexibility index (Phi) is 4.42. The van der Waals surface area contributed by atoms with Crippen molar-refractivity contribution in [3.8, 4) is 5.75 Å². The molecule has 116 valence electrons. The molecule has 1 atom stereocenters. The van der Waals surface area contributed by atoms with Gasteiger partial charge in [0.2, 0.25) is 5.91 Å². The van der Waals surface area contributed by atoms with Gasteiger partial charge in [-0.15, -0.1) is 0 Å². The first-order valence-electron chi connectivity index (χ1n) is 7.67. The molecule has 0 spiro atoms. The van der Waals surface area contributed by atoms with Crippen LogP contribution in [0.4, 0.5) is 0 Å². The SMILES string of the molecule is COc1cccc(CCC(=O)N[C@@H]2CCc3nccn3C2)c1. The minimum atomic E-state index is 0.108. The number of benzene rings is 1. The average Bonchev–Trinajstić information content (AvgIpc) is 3.01. The summed E-state index contributed by atoms with van der Waals surface area (Å²) in [7, 11) is 1.65. The lowest BCUT2D eigenvalue weighted by atomic mass is 10.1. The van der Waals surface area contributed by atoms with Crippen LogP contribution in [0, 0.1) is 0 Å². The van der Waals surface area contributed by atoms with Crippen LogP contribution >= 0.6 is 0 Å². The Labute approximate surface area is 130 Å². The fourth-order valence-corrected chi connectivity index (χ4v) is 2.87. The molecule has 1 amide bonds. The highest BCUT2D eigenvalue weighted by molar-refractivity contribution is 5.76. The van der Waals surface area contributed by atoms with Crippen molar-refractivity contribution < 1.29 is 9.53 Å². The van der Waals surface area contributed by atoms with Crippen LogP contribution < -0.4 is 10.1 Å². The molecular weight excluding hydrogens is 278 g/mol. The van der Waals surface area contributed by atoms with Gasteiger partial charge in [-0.1, -0.05) is 12.1 Å². The highest BCUT2D eigenvalue weighted by Gasteiger charge is 2.20. The van der Waals surface area contributed by atoms with Gasteiger partial charge in [-0.25, -0.2) is 4.98 Å². The van der Waals surface area contributed by atoms with E-state index in [0.29, 0.717) is 6.42 Å². The zero-order valence-electron chi connectivity index (χ0n) is 12.8. The molecule has 1 aliphatic heterocycles. The Balaban J connectivity index is 1.49. The normalized spacial score (nSPS) is 16.9. The van der Waals surface area contributed by atoms with Crippen molar-refractivity contribution in [1.82, 2.24) is 14.9 Å². The third-order valence-electron chi connectivity index (χ3n) is 4.08. The van der Waals surface area contributed by atoms with Crippen LogP contribution in [0.3, 0.4) is 0 Å². The number of fused-ring (bicyclic) bond motifs is 1. The maximum absolute atomic E-state index is 12.1. The van der Waals surface area contributed by atoms with Crippen molar-refractivity contribution >= 4 is 5.91 Å². The van der Waals surface area contributed by atoms with Crippen LogP contribution in [0.15, 0.2) is 36.7 Å². The highest BCUT2D eigenvalue weighted by Crippen LogP contribution is 2.15. The van der Waals surface area contributed by atoms with E-state index in [-0.39, 0.29) is 11.9 Å². The number of amides is 1. The topological polar surface area (TPSA) is 56.1 Å². The molecule has 1 aromatic carbocycles. The van der Waals surface area contributed by atoms with Crippen molar-refractivity contribution in [3.63, 3.8) is 0 Å². The molecule has 0 saturated heterocycles. The van der Waals surface area contributed by atoms with Gasteiger partial charge >= 0.3 is 0 Å². The van der Waals surface area contributed by atoms with Crippen LogP contribution in [0.5, 0.6) is 5.75 Å². The van der Waals surface area contributed by atoms with E-state index in [0.717, 1.165) is 42.9 Å². The molecule has 3 rings (SSSR count). The largest absolute Gasteiger partial charge is 0.497 e. The molecule has 0 bridgehead atoms. The molecule has 1 aromatic heterocycles. The summed E-state index contributed by atoms with van der Waals surface area (Å²) < 4.78 is 7.32. The Morgan fingerprint density at radius 1 is 1.50 bits per heavy atom. The van der Waals surface area contributed by atoms with Gasteiger partial charge in [-0.2, -0.15) is 0 Å². The number of aromatic nitrogens is 2. The van der Waals surface area contributed by atoms with Crippen LogP contribution in [-0.2, 0) is 24.2 Å². The number of carbonyl (C=O) groups is 1. The maximum atomic E-state index is 12.1. The van der Waals surface area contributed by atoms with E-state index >= 15 is 0 Å². The molecule has 0 saturated carbocycles. The molecular formula is C17H21N3O2. The summed E-state index contributed by atoms with van der Waals surface area (Å²) >= 11 is 0. The Morgan fingerprint density at radius 3 is 3.27 bits per heavy atom. The molecule has 1 aliphatic rings. The molecule has 22 heavy (non-hydrogen) atoms. The number of carbonyl (C=O) groups excluding carboxylic acids is 1. The van der Waals surface area contributed by atoms with E-state index in [1.807, 2.05) is 36.7 Å². The van der Waals surface area contributed by atoms with Gasteiger partial charge in [0.1, 0.15) is 11.6 Å². The number of hydrogen-bond acceptors (Lipinski definition) is 3. The Bertz CT molecular complexity index is 651. The third-order valence-corrected chi connectivity index (χ3v) is 4.08. The summed E-state index contributed by atoms with van der Waals surface area (Å²) in [4.78, 5) is 16.4. The number of rotatable bonds is 5. The minimum Gasteiger partial charge on any atom is -0.497 e. The standard InChI is InChI=1S/C17H21N3O2/c1-22-15-4-2-3-13(11-15)5-8-17(21)19-14-6-7-16-18-9-10-20(16)12-14/h2-4,9-11,14H,5-8,12H2,1H3,(H,19,21)/t14-/m1/s1. The third kappa shape index (κ3) is 3.47. The van der Waals surface area contributed by atoms with Crippen molar-refractivity contribution in [3.05, 3.63) is 48.0 Å². The van der Waals surface area contributed by atoms with Crippen LogP contribution in [0.1, 0.15) is 24.2 Å². The number of nitrogens with one attached hydrogen (secondary N) is 1. The molecule has 5 heteroatoms. The zero-order valence-corrected chi connectivity index (χ0v) is 12.8. The second-order valence-corrected chi connectivity index (χ2v) is 5.65. The molecule has 0 radical (unpaired) electrons. The minimum absolute atomic E-state index is 0.108. The fourth-order valence-electron chi connectivity index (χ4n) is 2.87. The van der Waals surface area contributed by atoms with E-state index in [9.17, 15) is 4.79 Å². The lowest BCUT2D eigenvalue weighted by Gasteiger charge is -2.24. The maximum Gasteiger partial charge on any atom is 0.220 e. The van der Waals surface area contributed by atoms with Gasteiger partial charge < -0.3 is 14.6 Å². The number of nitrogens with zero attached hydrogens (tertiary/aromatic N) is 2. The predicted octanol–water partition coefficient (Wildman–Crippen LogP) is 1.96. The van der Waals surface area contributed by atoms with Crippen molar-refractivity contribution in [2.45, 2.75) is 38.3 Å². The van der Waals surface area contributed by atoms with E-state index in [1.165, 1.54) is 0 Å². The summed E-state index contributed by atoms with van der Waals surface area (Å²) in [5, 5.41) is 3.13. The van der Waals surface area contributed by atoms with Crippen molar-refractivity contribution in [2.75, 3.05) is 7.11 Å².